The van der Waals surface area contributed by atoms with Crippen molar-refractivity contribution in [1.29, 1.82) is 5.26 Å². The van der Waals surface area contributed by atoms with Crippen LogP contribution in [-0.2, 0) is 14.0 Å². The van der Waals surface area contributed by atoms with Crippen LogP contribution in [0.4, 0.5) is 0 Å². The highest BCUT2D eigenvalue weighted by molar-refractivity contribution is 6.74. The van der Waals surface area contributed by atoms with Crippen LogP contribution in [0.15, 0.2) is 24.3 Å². The lowest BCUT2D eigenvalue weighted by Gasteiger charge is -2.45. The Labute approximate surface area is 221 Å². The van der Waals surface area contributed by atoms with E-state index in [1.807, 2.05) is 0 Å². The first-order valence-electron chi connectivity index (χ1n) is 14.0. The molecule has 0 aliphatic heterocycles. The van der Waals surface area contributed by atoms with Gasteiger partial charge in [-0.1, -0.05) is 58.4 Å². The number of methoxy groups -OCH3 is 1. The number of hydrogen-bond donors (Lipinski definition) is 1. The number of aliphatic hydroxyl groups is 1. The van der Waals surface area contributed by atoms with Crippen molar-refractivity contribution in [2.24, 2.45) is 23.2 Å². The average molecular weight is 518 g/mol. The topological polar surface area (TPSA) is 79.5 Å². The van der Waals surface area contributed by atoms with Crippen molar-refractivity contribution in [3.8, 4) is 6.07 Å². The molecule has 2 saturated carbocycles. The lowest BCUT2D eigenvalue weighted by molar-refractivity contribution is -0.140. The van der Waals surface area contributed by atoms with Crippen molar-refractivity contribution in [1.82, 2.24) is 0 Å². The van der Waals surface area contributed by atoms with Crippen molar-refractivity contribution in [3.63, 3.8) is 0 Å². The number of carbonyl (C=O) groups excluding carboxylic acids is 1. The summed E-state index contributed by atoms with van der Waals surface area (Å²) in [4.78, 5) is 11.3. The van der Waals surface area contributed by atoms with Crippen LogP contribution in [0.2, 0.25) is 18.1 Å². The van der Waals surface area contributed by atoms with E-state index in [4.69, 9.17) is 9.16 Å². The summed E-state index contributed by atoms with van der Waals surface area (Å²) < 4.78 is 11.6. The highest BCUT2D eigenvalue weighted by Gasteiger charge is 2.47. The van der Waals surface area contributed by atoms with Gasteiger partial charge in [-0.05, 0) is 80.8 Å². The summed E-state index contributed by atoms with van der Waals surface area (Å²) in [5, 5.41) is 21.0. The number of nitrogens with zero attached hydrogens (tertiary/aromatic N) is 1. The Hall–Kier alpha value is -1.42. The lowest BCUT2D eigenvalue weighted by Crippen LogP contribution is -2.45. The molecule has 2 fully saturated rings. The molecule has 36 heavy (non-hydrogen) atoms. The molecule has 2 aliphatic rings. The van der Waals surface area contributed by atoms with Gasteiger partial charge in [-0.3, -0.25) is 4.79 Å². The molecule has 1 N–H and O–H groups in total. The quantitative estimate of drug-likeness (QED) is 0.120. The summed E-state index contributed by atoms with van der Waals surface area (Å²) in [6, 6.07) is 2.58. The monoisotopic (exact) mass is 517 g/mol. The molecule has 1 unspecified atom stereocenters. The Kier molecular flexibility index (Phi) is 11.5. The molecule has 0 aromatic heterocycles. The molecule has 204 valence electrons. The molecule has 0 aromatic rings. The molecule has 0 bridgehead atoms. The van der Waals surface area contributed by atoms with Gasteiger partial charge >= 0.3 is 5.97 Å². The Morgan fingerprint density at radius 2 is 1.94 bits per heavy atom. The molecule has 0 aromatic carbocycles. The van der Waals surface area contributed by atoms with E-state index in [2.05, 4.69) is 71.2 Å². The van der Waals surface area contributed by atoms with Crippen molar-refractivity contribution in [2.75, 3.05) is 7.11 Å². The first-order chi connectivity index (χ1) is 16.9. The van der Waals surface area contributed by atoms with Gasteiger partial charge in [-0.25, -0.2) is 0 Å². The van der Waals surface area contributed by atoms with Crippen LogP contribution < -0.4 is 0 Å². The minimum atomic E-state index is -1.99. The maximum Gasteiger partial charge on any atom is 0.305 e. The number of unbranched alkanes of at least 4 members (excludes halogenated alkanes) is 1. The third-order valence-electron chi connectivity index (χ3n) is 9.38. The third-order valence-corrected chi connectivity index (χ3v) is 13.9. The van der Waals surface area contributed by atoms with Gasteiger partial charge in [0.05, 0.1) is 31.3 Å². The van der Waals surface area contributed by atoms with Gasteiger partial charge in [0, 0.05) is 12.3 Å². The van der Waals surface area contributed by atoms with Crippen LogP contribution in [0, 0.1) is 34.5 Å². The van der Waals surface area contributed by atoms with Crippen LogP contribution in [-0.4, -0.2) is 38.7 Å². The van der Waals surface area contributed by atoms with Gasteiger partial charge in [0.1, 0.15) is 0 Å². The minimum absolute atomic E-state index is 0.0329. The number of ether oxygens (including phenoxy) is 1. The summed E-state index contributed by atoms with van der Waals surface area (Å²) in [7, 11) is -0.575. The van der Waals surface area contributed by atoms with Gasteiger partial charge in [0.2, 0.25) is 0 Å². The van der Waals surface area contributed by atoms with Crippen LogP contribution in [0.1, 0.15) is 91.9 Å². The summed E-state index contributed by atoms with van der Waals surface area (Å²) in [6.45, 7) is 13.5. The molecule has 2 rings (SSSR count). The van der Waals surface area contributed by atoms with E-state index in [-0.39, 0.29) is 46.4 Å². The predicted octanol–water partition coefficient (Wildman–Crippen LogP) is 7.33. The van der Waals surface area contributed by atoms with Crippen molar-refractivity contribution < 1.29 is 19.1 Å². The van der Waals surface area contributed by atoms with Crippen molar-refractivity contribution in [2.45, 2.75) is 122 Å². The van der Waals surface area contributed by atoms with Crippen LogP contribution in [0.5, 0.6) is 0 Å². The van der Waals surface area contributed by atoms with Crippen LogP contribution >= 0.6 is 0 Å². The van der Waals surface area contributed by atoms with E-state index in [0.29, 0.717) is 12.8 Å². The molecule has 5 nitrogen and oxygen atoms in total. The zero-order valence-corrected chi connectivity index (χ0v) is 24.9. The molecule has 0 amide bonds. The fourth-order valence-corrected chi connectivity index (χ4v) is 6.91. The predicted molar refractivity (Wildman–Crippen MR) is 149 cm³/mol. The number of hydrogen-bond acceptors (Lipinski definition) is 5. The van der Waals surface area contributed by atoms with Crippen LogP contribution in [0.3, 0.4) is 0 Å². The van der Waals surface area contributed by atoms with Gasteiger partial charge in [0.25, 0.3) is 0 Å². The third kappa shape index (κ3) is 7.79. The second kappa shape index (κ2) is 13.4. The zero-order chi connectivity index (χ0) is 27.0. The molecule has 0 heterocycles. The maximum atomic E-state index is 11.3. The highest BCUT2D eigenvalue weighted by atomic mass is 28.4. The fraction of sp³-hybridized carbons (Fsp3) is 0.800. The van der Waals surface area contributed by atoms with E-state index in [0.717, 1.165) is 44.9 Å². The van der Waals surface area contributed by atoms with Gasteiger partial charge in [-0.2, -0.15) is 5.26 Å². The minimum Gasteiger partial charge on any atom is -0.469 e. The maximum absolute atomic E-state index is 11.3. The van der Waals surface area contributed by atoms with Gasteiger partial charge in [-0.15, -0.1) is 0 Å². The van der Waals surface area contributed by atoms with E-state index in [9.17, 15) is 15.2 Å². The zero-order valence-electron chi connectivity index (χ0n) is 23.9. The summed E-state index contributed by atoms with van der Waals surface area (Å²) in [5.74, 6) is 0.134. The fourth-order valence-electron chi connectivity index (χ4n) is 5.55. The van der Waals surface area contributed by atoms with Crippen molar-refractivity contribution >= 4 is 14.3 Å². The number of nitriles is 1. The molecular weight excluding hydrogens is 466 g/mol. The number of aliphatic hydroxyl groups excluding tert-OH is 1. The first kappa shape index (κ1) is 30.8. The standard InChI is InChI=1S/C30H51NO4Si/c1-8-30(19-14-20-30)27(32)17-13-16-25-24(15-11-9-10-12-18-28(33)34-5)23(22-31)21-26(25)35-36(6,7)29(2,3)4/h9,11,13,16,23-27,32H,8,10,12,14-15,17-21H2,1-7H3/b11-9-,16-13+/t23-,24-,25+,26-,27?/m0/s1. The number of rotatable bonds is 13. The summed E-state index contributed by atoms with van der Waals surface area (Å²) >= 11 is 0. The molecule has 5 atom stereocenters. The Bertz CT molecular complexity index is 797. The largest absolute Gasteiger partial charge is 0.469 e. The molecule has 6 heteroatoms. The van der Waals surface area contributed by atoms with Crippen molar-refractivity contribution in [3.05, 3.63) is 24.3 Å². The second-order valence-electron chi connectivity index (χ2n) is 12.6. The van der Waals surface area contributed by atoms with E-state index in [1.165, 1.54) is 13.5 Å². The molecule has 2 aliphatic carbocycles. The SMILES string of the molecule is CCC1(C(O)C/C=C/[C@@H]2[C@@H](C/C=C\CCCC(=O)OC)[C@H](C#N)C[C@@H]2O[Si](C)(C)C(C)(C)C)CCC1. The number of carbonyl (C=O) groups is 1. The smallest absolute Gasteiger partial charge is 0.305 e. The highest BCUT2D eigenvalue weighted by Crippen LogP contribution is 2.49. The Morgan fingerprint density at radius 3 is 2.47 bits per heavy atom. The van der Waals surface area contributed by atoms with Gasteiger partial charge in [0.15, 0.2) is 8.32 Å². The lowest BCUT2D eigenvalue weighted by atomic mass is 9.63. The van der Waals surface area contributed by atoms with E-state index in [1.54, 1.807) is 0 Å². The van der Waals surface area contributed by atoms with E-state index < -0.39 is 8.32 Å². The average Bonchev–Trinajstić information content (AvgIpc) is 3.10. The Morgan fingerprint density at radius 1 is 1.25 bits per heavy atom. The first-order valence-corrected chi connectivity index (χ1v) is 17.0. The Balaban J connectivity index is 2.14. The van der Waals surface area contributed by atoms with E-state index >= 15 is 0 Å². The van der Waals surface area contributed by atoms with Gasteiger partial charge < -0.3 is 14.3 Å². The van der Waals surface area contributed by atoms with Crippen LogP contribution in [0.25, 0.3) is 0 Å². The molecular formula is C30H51NO4Si. The molecule has 0 radical (unpaired) electrons. The summed E-state index contributed by atoms with van der Waals surface area (Å²) in [6.07, 6.45) is 17.3. The number of allylic oxidation sites excluding steroid dienone is 2. The number of esters is 1. The normalized spacial score (nSPS) is 27.2. The molecule has 0 saturated heterocycles. The molecule has 0 spiro atoms. The summed E-state index contributed by atoms with van der Waals surface area (Å²) in [5.41, 5.74) is 0.0958. The second-order valence-corrected chi connectivity index (χ2v) is 17.3.